The summed E-state index contributed by atoms with van der Waals surface area (Å²) in [6, 6.07) is 8.73. The maximum absolute atomic E-state index is 11.3. The van der Waals surface area contributed by atoms with Gasteiger partial charge in [0.1, 0.15) is 6.54 Å². The SMILES string of the molecule is CO.N#CN(N)CC(=O)c1ccccc1. The summed E-state index contributed by atoms with van der Waals surface area (Å²) in [4.78, 5) is 11.3. The van der Waals surface area contributed by atoms with Crippen molar-refractivity contribution < 1.29 is 9.90 Å². The van der Waals surface area contributed by atoms with Gasteiger partial charge in [-0.3, -0.25) is 4.79 Å². The first-order valence-electron chi connectivity index (χ1n) is 4.19. The Bertz CT molecular complexity index is 332. The molecule has 3 N–H and O–H groups in total. The summed E-state index contributed by atoms with van der Waals surface area (Å²) >= 11 is 0. The number of hydrogen-bond donors (Lipinski definition) is 2. The van der Waals surface area contributed by atoms with Crippen molar-refractivity contribution in [3.8, 4) is 6.19 Å². The van der Waals surface area contributed by atoms with Gasteiger partial charge in [-0.05, 0) is 0 Å². The van der Waals surface area contributed by atoms with Crippen LogP contribution in [0.5, 0.6) is 0 Å². The van der Waals surface area contributed by atoms with Gasteiger partial charge < -0.3 is 5.11 Å². The molecule has 5 nitrogen and oxygen atoms in total. The molecule has 0 saturated heterocycles. The Morgan fingerprint density at radius 3 is 2.47 bits per heavy atom. The Morgan fingerprint density at radius 2 is 2.00 bits per heavy atom. The highest BCUT2D eigenvalue weighted by molar-refractivity contribution is 5.97. The molecule has 0 saturated carbocycles. The second kappa shape index (κ2) is 7.50. The third-order valence-electron chi connectivity index (χ3n) is 1.54. The lowest BCUT2D eigenvalue weighted by molar-refractivity contribution is 0.0959. The van der Waals surface area contributed by atoms with Gasteiger partial charge in [0.15, 0.2) is 12.0 Å². The summed E-state index contributed by atoms with van der Waals surface area (Å²) < 4.78 is 0. The fraction of sp³-hybridized carbons (Fsp3) is 0.200. The van der Waals surface area contributed by atoms with Crippen LogP contribution >= 0.6 is 0 Å². The average molecular weight is 207 g/mol. The topological polar surface area (TPSA) is 90.3 Å². The van der Waals surface area contributed by atoms with E-state index in [1.807, 2.05) is 6.07 Å². The lowest BCUT2D eigenvalue weighted by atomic mass is 10.1. The maximum Gasteiger partial charge on any atom is 0.195 e. The van der Waals surface area contributed by atoms with Gasteiger partial charge in [-0.25, -0.2) is 10.9 Å². The highest BCUT2D eigenvalue weighted by Crippen LogP contribution is 1.99. The van der Waals surface area contributed by atoms with Crippen LogP contribution < -0.4 is 5.84 Å². The predicted molar refractivity (Wildman–Crippen MR) is 55.4 cm³/mol. The zero-order valence-electron chi connectivity index (χ0n) is 8.42. The van der Waals surface area contributed by atoms with Crippen molar-refractivity contribution in [3.05, 3.63) is 35.9 Å². The molecule has 0 aliphatic heterocycles. The lowest BCUT2D eigenvalue weighted by Crippen LogP contribution is -2.31. The molecular weight excluding hydrogens is 194 g/mol. The summed E-state index contributed by atoms with van der Waals surface area (Å²) in [6.45, 7) is -0.0828. The van der Waals surface area contributed by atoms with Crippen molar-refractivity contribution in [1.82, 2.24) is 5.01 Å². The molecule has 0 aliphatic carbocycles. The molecule has 1 aromatic rings. The zero-order valence-corrected chi connectivity index (χ0v) is 8.42. The van der Waals surface area contributed by atoms with Crippen LogP contribution in [0.15, 0.2) is 30.3 Å². The number of aliphatic hydroxyl groups excluding tert-OH is 1. The number of Topliss-reactive ketones (excluding diaryl/α,β-unsaturated/α-hetero) is 1. The smallest absolute Gasteiger partial charge is 0.195 e. The van der Waals surface area contributed by atoms with Gasteiger partial charge in [0, 0.05) is 12.7 Å². The molecule has 5 heteroatoms. The van der Waals surface area contributed by atoms with E-state index in [-0.39, 0.29) is 12.3 Å². The van der Waals surface area contributed by atoms with Crippen LogP contribution in [0.25, 0.3) is 0 Å². The molecule has 0 atom stereocenters. The summed E-state index contributed by atoms with van der Waals surface area (Å²) in [5, 5.41) is 16.1. The Morgan fingerprint density at radius 1 is 1.47 bits per heavy atom. The second-order valence-electron chi connectivity index (χ2n) is 2.52. The van der Waals surface area contributed by atoms with Crippen LogP contribution in [0.2, 0.25) is 0 Å². The van der Waals surface area contributed by atoms with E-state index in [1.165, 1.54) is 0 Å². The molecule has 15 heavy (non-hydrogen) atoms. The summed E-state index contributed by atoms with van der Waals surface area (Å²) in [5.41, 5.74) is 0.563. The quantitative estimate of drug-likeness (QED) is 0.242. The van der Waals surface area contributed by atoms with Crippen molar-refractivity contribution in [2.45, 2.75) is 0 Å². The van der Waals surface area contributed by atoms with Crippen molar-refractivity contribution >= 4 is 5.78 Å². The van der Waals surface area contributed by atoms with Gasteiger partial charge in [-0.1, -0.05) is 30.3 Å². The number of nitriles is 1. The Hall–Kier alpha value is -1.90. The Balaban J connectivity index is 0.000000921. The van der Waals surface area contributed by atoms with E-state index >= 15 is 0 Å². The number of rotatable bonds is 3. The lowest BCUT2D eigenvalue weighted by Gasteiger charge is -2.06. The molecule has 1 aromatic carbocycles. The van der Waals surface area contributed by atoms with Gasteiger partial charge in [0.25, 0.3) is 0 Å². The van der Waals surface area contributed by atoms with Crippen LogP contribution in [0.3, 0.4) is 0 Å². The van der Waals surface area contributed by atoms with Gasteiger partial charge in [0.05, 0.1) is 0 Å². The van der Waals surface area contributed by atoms with Gasteiger partial charge >= 0.3 is 0 Å². The first kappa shape index (κ1) is 13.1. The number of nitrogens with zero attached hydrogens (tertiary/aromatic N) is 2. The minimum absolute atomic E-state index is 0.0828. The van der Waals surface area contributed by atoms with Crippen molar-refractivity contribution in [1.29, 1.82) is 5.26 Å². The molecule has 0 spiro atoms. The van der Waals surface area contributed by atoms with Crippen LogP contribution in [0.4, 0.5) is 0 Å². The summed E-state index contributed by atoms with van der Waals surface area (Å²) in [5.74, 6) is 5.00. The standard InChI is InChI=1S/C9H9N3O.CH4O/c10-7-12(11)6-9(13)8-4-2-1-3-5-8;1-2/h1-5H,6,11H2;2H,1H3. The third kappa shape index (κ3) is 4.76. The summed E-state index contributed by atoms with van der Waals surface area (Å²) in [6.07, 6.45) is 1.66. The monoisotopic (exact) mass is 207 g/mol. The van der Waals surface area contributed by atoms with Crippen LogP contribution in [-0.4, -0.2) is 29.6 Å². The first-order valence-corrected chi connectivity index (χ1v) is 4.19. The molecule has 80 valence electrons. The predicted octanol–water partition coefficient (Wildman–Crippen LogP) is 0.135. The number of hydrogen-bond acceptors (Lipinski definition) is 5. The molecular formula is C10H13N3O2. The van der Waals surface area contributed by atoms with Crippen LogP contribution in [0.1, 0.15) is 10.4 Å². The van der Waals surface area contributed by atoms with Crippen LogP contribution in [0, 0.1) is 11.5 Å². The summed E-state index contributed by atoms with van der Waals surface area (Å²) in [7, 11) is 1.00. The van der Waals surface area contributed by atoms with Gasteiger partial charge in [0.2, 0.25) is 0 Å². The number of hydrazine groups is 1. The number of carbonyl (C=O) groups excluding carboxylic acids is 1. The molecule has 0 fully saturated rings. The normalized spacial score (nSPS) is 8.13. The number of aliphatic hydroxyl groups is 1. The fourth-order valence-electron chi connectivity index (χ4n) is 0.905. The first-order chi connectivity index (χ1) is 7.24. The van der Waals surface area contributed by atoms with Gasteiger partial charge in [-0.15, -0.1) is 0 Å². The molecule has 0 bridgehead atoms. The van der Waals surface area contributed by atoms with E-state index in [2.05, 4.69) is 0 Å². The van der Waals surface area contributed by atoms with Crippen LogP contribution in [-0.2, 0) is 0 Å². The van der Waals surface area contributed by atoms with E-state index < -0.39 is 0 Å². The third-order valence-corrected chi connectivity index (χ3v) is 1.54. The Labute approximate surface area is 88.3 Å². The highest BCUT2D eigenvalue weighted by atomic mass is 16.2. The van der Waals surface area contributed by atoms with E-state index in [0.717, 1.165) is 12.1 Å². The van der Waals surface area contributed by atoms with Crippen molar-refractivity contribution in [3.63, 3.8) is 0 Å². The van der Waals surface area contributed by atoms with E-state index in [9.17, 15) is 4.79 Å². The minimum atomic E-state index is -0.162. The average Bonchev–Trinajstić information content (AvgIpc) is 2.32. The van der Waals surface area contributed by atoms with Gasteiger partial charge in [-0.2, -0.15) is 5.26 Å². The number of nitrogens with two attached hydrogens (primary N) is 1. The largest absolute Gasteiger partial charge is 0.400 e. The van der Waals surface area contributed by atoms with E-state index in [0.29, 0.717) is 5.56 Å². The highest BCUT2D eigenvalue weighted by Gasteiger charge is 2.07. The van der Waals surface area contributed by atoms with E-state index in [1.54, 1.807) is 30.5 Å². The van der Waals surface area contributed by atoms with Crippen molar-refractivity contribution in [2.75, 3.05) is 13.7 Å². The zero-order chi connectivity index (χ0) is 11.7. The molecule has 0 aliphatic rings. The number of carbonyl (C=O) groups is 1. The van der Waals surface area contributed by atoms with E-state index in [4.69, 9.17) is 16.2 Å². The molecule has 0 heterocycles. The molecule has 1 rings (SSSR count). The number of ketones is 1. The molecule has 0 unspecified atom stereocenters. The molecule has 0 radical (unpaired) electrons. The molecule has 0 amide bonds. The fourth-order valence-corrected chi connectivity index (χ4v) is 0.905. The van der Waals surface area contributed by atoms with Crippen molar-refractivity contribution in [2.24, 2.45) is 5.84 Å². The Kier molecular flexibility index (Phi) is 6.55. The maximum atomic E-state index is 11.3. The minimum Gasteiger partial charge on any atom is -0.400 e. The second-order valence-corrected chi connectivity index (χ2v) is 2.52. The number of benzene rings is 1. The molecule has 0 aromatic heterocycles.